The third kappa shape index (κ3) is 1.41. The number of hydrogen-bond acceptors (Lipinski definition) is 3. The summed E-state index contributed by atoms with van der Waals surface area (Å²) in [5.41, 5.74) is -0.179. The van der Waals surface area contributed by atoms with Gasteiger partial charge in [-0.1, -0.05) is 0 Å². The van der Waals surface area contributed by atoms with Crippen molar-refractivity contribution in [3.63, 3.8) is 0 Å². The molecular weight excluding hydrogens is 211 g/mol. The lowest BCUT2D eigenvalue weighted by atomic mass is 10.1. The standard InChI is InChI=1S/C11H7FN2O2/c1-16-9-3-7(12)2-8-10(9)14-5-6(4-13)11(8)15/h2-3,5H,1H3,(H,14,15). The van der Waals surface area contributed by atoms with Crippen LogP contribution >= 0.6 is 0 Å². The second kappa shape index (κ2) is 3.66. The third-order valence-electron chi connectivity index (χ3n) is 2.26. The molecule has 1 aromatic heterocycles. The molecule has 0 spiro atoms. The number of pyridine rings is 1. The van der Waals surface area contributed by atoms with Crippen LogP contribution in [-0.4, -0.2) is 12.1 Å². The molecular formula is C11H7FN2O2. The van der Waals surface area contributed by atoms with Gasteiger partial charge in [0.15, 0.2) is 0 Å². The number of aromatic nitrogens is 1. The highest BCUT2D eigenvalue weighted by atomic mass is 19.1. The lowest BCUT2D eigenvalue weighted by molar-refractivity contribution is 0.415. The van der Waals surface area contributed by atoms with Crippen molar-refractivity contribution < 1.29 is 9.13 Å². The zero-order valence-electron chi connectivity index (χ0n) is 8.37. The average molecular weight is 218 g/mol. The van der Waals surface area contributed by atoms with Crippen LogP contribution in [0.2, 0.25) is 0 Å². The maximum Gasteiger partial charge on any atom is 0.207 e. The lowest BCUT2D eigenvalue weighted by Gasteiger charge is -2.05. The van der Waals surface area contributed by atoms with Crippen LogP contribution < -0.4 is 10.2 Å². The number of halogens is 1. The number of aromatic amines is 1. The van der Waals surface area contributed by atoms with Gasteiger partial charge in [0.1, 0.15) is 23.2 Å². The van der Waals surface area contributed by atoms with Crippen molar-refractivity contribution in [2.75, 3.05) is 7.11 Å². The molecule has 2 rings (SSSR count). The first-order chi connectivity index (χ1) is 7.67. The molecule has 80 valence electrons. The number of ether oxygens (including phenoxy) is 1. The largest absolute Gasteiger partial charge is 0.494 e. The molecule has 0 saturated carbocycles. The van der Waals surface area contributed by atoms with Gasteiger partial charge < -0.3 is 9.72 Å². The van der Waals surface area contributed by atoms with E-state index in [1.165, 1.54) is 19.4 Å². The molecule has 0 atom stereocenters. The van der Waals surface area contributed by atoms with Crippen molar-refractivity contribution in [1.82, 2.24) is 4.98 Å². The number of H-pyrrole nitrogens is 1. The number of hydrogen-bond donors (Lipinski definition) is 1. The van der Waals surface area contributed by atoms with E-state index in [2.05, 4.69) is 4.98 Å². The van der Waals surface area contributed by atoms with Crippen molar-refractivity contribution >= 4 is 10.9 Å². The molecule has 2 aromatic rings. The van der Waals surface area contributed by atoms with Gasteiger partial charge in [0, 0.05) is 12.3 Å². The molecule has 0 fully saturated rings. The number of nitrogens with zero attached hydrogens (tertiary/aromatic N) is 1. The Morgan fingerprint density at radius 3 is 2.88 bits per heavy atom. The summed E-state index contributed by atoms with van der Waals surface area (Å²) in [7, 11) is 1.38. The van der Waals surface area contributed by atoms with Gasteiger partial charge in [0.05, 0.1) is 18.0 Å². The van der Waals surface area contributed by atoms with Crippen molar-refractivity contribution in [1.29, 1.82) is 5.26 Å². The minimum Gasteiger partial charge on any atom is -0.494 e. The highest BCUT2D eigenvalue weighted by Gasteiger charge is 2.10. The molecule has 1 aromatic carbocycles. The summed E-state index contributed by atoms with van der Waals surface area (Å²) in [6.45, 7) is 0. The Morgan fingerprint density at radius 2 is 2.25 bits per heavy atom. The van der Waals surface area contributed by atoms with E-state index in [1.54, 1.807) is 6.07 Å². The van der Waals surface area contributed by atoms with Crippen LogP contribution in [0.1, 0.15) is 5.56 Å². The van der Waals surface area contributed by atoms with Crippen molar-refractivity contribution in [2.24, 2.45) is 0 Å². The van der Waals surface area contributed by atoms with Crippen LogP contribution in [0.5, 0.6) is 5.75 Å². The van der Waals surface area contributed by atoms with E-state index in [9.17, 15) is 9.18 Å². The first-order valence-electron chi connectivity index (χ1n) is 4.46. The summed E-state index contributed by atoms with van der Waals surface area (Å²) >= 11 is 0. The zero-order valence-corrected chi connectivity index (χ0v) is 8.37. The van der Waals surface area contributed by atoms with Crippen LogP contribution in [0, 0.1) is 17.1 Å². The Labute approximate surface area is 89.9 Å². The summed E-state index contributed by atoms with van der Waals surface area (Å²) in [5.74, 6) is -0.346. The Balaban J connectivity index is 2.96. The van der Waals surface area contributed by atoms with E-state index in [4.69, 9.17) is 10.00 Å². The molecule has 0 bridgehead atoms. The summed E-state index contributed by atoms with van der Waals surface area (Å²) in [4.78, 5) is 14.5. The quantitative estimate of drug-likeness (QED) is 0.789. The molecule has 16 heavy (non-hydrogen) atoms. The molecule has 0 amide bonds. The molecule has 5 heteroatoms. The summed E-state index contributed by atoms with van der Waals surface area (Å²) < 4.78 is 18.1. The Hall–Kier alpha value is -2.35. The Bertz CT molecular complexity index is 655. The number of fused-ring (bicyclic) bond motifs is 1. The summed E-state index contributed by atoms with van der Waals surface area (Å²) in [6, 6.07) is 3.99. The third-order valence-corrected chi connectivity index (χ3v) is 2.26. The lowest BCUT2D eigenvalue weighted by Crippen LogP contribution is -2.08. The van der Waals surface area contributed by atoms with Gasteiger partial charge in [0.2, 0.25) is 5.43 Å². The van der Waals surface area contributed by atoms with Gasteiger partial charge in [0.25, 0.3) is 0 Å². The Morgan fingerprint density at radius 1 is 1.50 bits per heavy atom. The number of methoxy groups -OCH3 is 1. The number of nitriles is 1. The first-order valence-corrected chi connectivity index (χ1v) is 4.46. The second-order valence-corrected chi connectivity index (χ2v) is 3.17. The zero-order chi connectivity index (χ0) is 11.7. The molecule has 0 unspecified atom stereocenters. The van der Waals surface area contributed by atoms with Crippen LogP contribution in [-0.2, 0) is 0 Å². The predicted molar refractivity (Wildman–Crippen MR) is 55.8 cm³/mol. The van der Waals surface area contributed by atoms with Crippen molar-refractivity contribution in [3.8, 4) is 11.8 Å². The highest BCUT2D eigenvalue weighted by molar-refractivity contribution is 5.85. The smallest absolute Gasteiger partial charge is 0.207 e. The maximum atomic E-state index is 13.2. The topological polar surface area (TPSA) is 65.9 Å². The van der Waals surface area contributed by atoms with Gasteiger partial charge >= 0.3 is 0 Å². The average Bonchev–Trinajstić information content (AvgIpc) is 2.29. The number of nitrogens with one attached hydrogen (secondary N) is 1. The summed E-state index contributed by atoms with van der Waals surface area (Å²) in [6.07, 6.45) is 1.28. The fourth-order valence-electron chi connectivity index (χ4n) is 1.51. The number of rotatable bonds is 1. The molecule has 0 aliphatic rings. The van der Waals surface area contributed by atoms with Gasteiger partial charge in [-0.2, -0.15) is 5.26 Å². The van der Waals surface area contributed by atoms with Gasteiger partial charge in [-0.3, -0.25) is 4.79 Å². The van der Waals surface area contributed by atoms with Crippen LogP contribution in [0.4, 0.5) is 4.39 Å². The summed E-state index contributed by atoms with van der Waals surface area (Å²) in [5, 5.41) is 8.79. The molecule has 0 aliphatic heterocycles. The monoisotopic (exact) mass is 218 g/mol. The Kier molecular flexibility index (Phi) is 2.33. The SMILES string of the molecule is COc1cc(F)cc2c(=O)c(C#N)c[nH]c12. The second-order valence-electron chi connectivity index (χ2n) is 3.17. The number of benzene rings is 1. The van der Waals surface area contributed by atoms with E-state index in [0.29, 0.717) is 5.52 Å². The molecule has 0 aliphatic carbocycles. The fraction of sp³-hybridized carbons (Fsp3) is 0.0909. The molecule has 4 nitrogen and oxygen atoms in total. The predicted octanol–water partition coefficient (Wildman–Crippen LogP) is 1.55. The first kappa shape index (κ1) is 10.2. The molecule has 0 radical (unpaired) electrons. The van der Waals surface area contributed by atoms with E-state index >= 15 is 0 Å². The molecule has 0 saturated heterocycles. The minimum absolute atomic E-state index is 0.0554. The molecule has 1 heterocycles. The minimum atomic E-state index is -0.579. The normalized spacial score (nSPS) is 10.1. The van der Waals surface area contributed by atoms with Gasteiger partial charge in [-0.25, -0.2) is 4.39 Å². The van der Waals surface area contributed by atoms with Gasteiger partial charge in [-0.05, 0) is 6.07 Å². The highest BCUT2D eigenvalue weighted by Crippen LogP contribution is 2.22. The molecule has 1 N–H and O–H groups in total. The van der Waals surface area contributed by atoms with Crippen LogP contribution in [0.15, 0.2) is 23.1 Å². The van der Waals surface area contributed by atoms with Gasteiger partial charge in [-0.15, -0.1) is 0 Å². The van der Waals surface area contributed by atoms with E-state index < -0.39 is 11.2 Å². The van der Waals surface area contributed by atoms with E-state index in [0.717, 1.165) is 6.07 Å². The van der Waals surface area contributed by atoms with Crippen molar-refractivity contribution in [3.05, 3.63) is 39.9 Å². The van der Waals surface area contributed by atoms with Crippen LogP contribution in [0.25, 0.3) is 10.9 Å². The van der Waals surface area contributed by atoms with E-state index in [1.807, 2.05) is 0 Å². The maximum absolute atomic E-state index is 13.2. The van der Waals surface area contributed by atoms with E-state index in [-0.39, 0.29) is 16.7 Å². The van der Waals surface area contributed by atoms with Crippen molar-refractivity contribution in [2.45, 2.75) is 0 Å². The fourth-order valence-corrected chi connectivity index (χ4v) is 1.51. The van der Waals surface area contributed by atoms with Crippen LogP contribution in [0.3, 0.4) is 0 Å².